The number of amides is 5. The standard InChI is InChI=1S/C51H88N6O14/c1-36(58)39(52-2)21-19-20-34-53-44(60)31-28-40(49(66)67)55-45(61)32-29-41(50(68)69)56-46(62)33-30-42(51(70)71)57-48(65)38-26-24-37(25-27-38)35-54-43(59)22-17-15-13-11-9-7-5-3-4-6-8-10-12-14-16-18-23-47(63)64/h37-42,52H,3-35H2,1-2H3,(H,53,60)(H,54,59)(H,55,61)(H,56,62)(H,57,65)(H,63,64)(H,66,67)(H,68,69)(H,70,71)/t37?,38?,39-,40-,41-,42-/m0/s1. The van der Waals surface area contributed by atoms with Crippen LogP contribution in [0.4, 0.5) is 0 Å². The van der Waals surface area contributed by atoms with E-state index < -0.39 is 90.8 Å². The van der Waals surface area contributed by atoms with Gasteiger partial charge in [-0.2, -0.15) is 0 Å². The van der Waals surface area contributed by atoms with E-state index >= 15 is 0 Å². The molecular formula is C51H88N6O14. The van der Waals surface area contributed by atoms with Crippen molar-refractivity contribution >= 4 is 59.2 Å². The van der Waals surface area contributed by atoms with Crippen LogP contribution >= 0.6 is 0 Å². The molecule has 0 unspecified atom stereocenters. The van der Waals surface area contributed by atoms with Gasteiger partial charge in [0.2, 0.25) is 29.5 Å². The molecule has 0 bridgehead atoms. The van der Waals surface area contributed by atoms with Crippen LogP contribution in [0.15, 0.2) is 0 Å². The van der Waals surface area contributed by atoms with Crippen LogP contribution in [0.2, 0.25) is 0 Å². The van der Waals surface area contributed by atoms with E-state index in [1.165, 1.54) is 71.1 Å². The van der Waals surface area contributed by atoms with Gasteiger partial charge in [-0.1, -0.05) is 89.9 Å². The maximum absolute atomic E-state index is 13.1. The molecule has 1 rings (SSSR count). The average molecular weight is 1010 g/mol. The lowest BCUT2D eigenvalue weighted by Crippen LogP contribution is -2.46. The number of ketones is 1. The Morgan fingerprint density at radius 3 is 1.23 bits per heavy atom. The summed E-state index contributed by atoms with van der Waals surface area (Å²) in [5, 5.41) is 53.3. The molecule has 0 aromatic rings. The number of carboxylic acids is 4. The quantitative estimate of drug-likeness (QED) is 0.0336. The van der Waals surface area contributed by atoms with Crippen LogP contribution < -0.4 is 31.9 Å². The van der Waals surface area contributed by atoms with E-state index in [0.29, 0.717) is 64.5 Å². The van der Waals surface area contributed by atoms with Crippen LogP contribution in [0.1, 0.15) is 206 Å². The molecule has 20 nitrogen and oxygen atoms in total. The third-order valence-corrected chi connectivity index (χ3v) is 13.3. The van der Waals surface area contributed by atoms with Crippen molar-refractivity contribution < 1.29 is 68.4 Å². The van der Waals surface area contributed by atoms with Crippen molar-refractivity contribution in [3.05, 3.63) is 0 Å². The van der Waals surface area contributed by atoms with Gasteiger partial charge in [0.15, 0.2) is 0 Å². The van der Waals surface area contributed by atoms with E-state index in [0.717, 1.165) is 38.5 Å². The number of Topliss-reactive ketones (excluding diaryl/α,β-unsaturated/α-hetero) is 1. The van der Waals surface area contributed by atoms with Crippen molar-refractivity contribution in [3.63, 3.8) is 0 Å². The van der Waals surface area contributed by atoms with Gasteiger partial charge in [-0.05, 0) is 96.9 Å². The third-order valence-electron chi connectivity index (χ3n) is 13.3. The number of hydrogen-bond acceptors (Lipinski definition) is 11. The molecule has 0 aromatic heterocycles. The summed E-state index contributed by atoms with van der Waals surface area (Å²) in [6.07, 6.45) is 21.3. The molecule has 0 spiro atoms. The molecule has 10 N–H and O–H groups in total. The predicted octanol–water partition coefficient (Wildman–Crippen LogP) is 5.53. The Hall–Kier alpha value is -5.14. The molecule has 1 aliphatic rings. The number of hydrogen-bond donors (Lipinski definition) is 10. The van der Waals surface area contributed by atoms with E-state index in [1.807, 2.05) is 0 Å². The number of carboxylic acid groups (broad SMARTS) is 4. The molecular weight excluding hydrogens is 921 g/mol. The molecule has 4 atom stereocenters. The Morgan fingerprint density at radius 2 is 0.817 bits per heavy atom. The van der Waals surface area contributed by atoms with Crippen LogP contribution in [0.25, 0.3) is 0 Å². The molecule has 406 valence electrons. The van der Waals surface area contributed by atoms with Crippen LogP contribution in [-0.2, 0) is 47.9 Å². The summed E-state index contributed by atoms with van der Waals surface area (Å²) < 4.78 is 0. The van der Waals surface area contributed by atoms with Crippen molar-refractivity contribution in [3.8, 4) is 0 Å². The van der Waals surface area contributed by atoms with Gasteiger partial charge in [0, 0.05) is 51.1 Å². The molecule has 20 heteroatoms. The first kappa shape index (κ1) is 63.9. The highest BCUT2D eigenvalue weighted by Crippen LogP contribution is 2.29. The van der Waals surface area contributed by atoms with Gasteiger partial charge in [0.1, 0.15) is 23.9 Å². The minimum Gasteiger partial charge on any atom is -0.481 e. The first-order valence-corrected chi connectivity index (χ1v) is 26.4. The Kier molecular flexibility index (Phi) is 35.5. The Labute approximate surface area is 420 Å². The van der Waals surface area contributed by atoms with Crippen molar-refractivity contribution in [1.82, 2.24) is 31.9 Å². The molecule has 0 saturated heterocycles. The van der Waals surface area contributed by atoms with Crippen molar-refractivity contribution in [2.24, 2.45) is 11.8 Å². The fourth-order valence-electron chi connectivity index (χ4n) is 8.77. The van der Waals surface area contributed by atoms with Crippen LogP contribution in [0, 0.1) is 11.8 Å². The summed E-state index contributed by atoms with van der Waals surface area (Å²) in [6, 6.07) is -4.66. The zero-order valence-corrected chi connectivity index (χ0v) is 42.7. The second-order valence-electron chi connectivity index (χ2n) is 19.3. The van der Waals surface area contributed by atoms with E-state index in [2.05, 4.69) is 31.9 Å². The van der Waals surface area contributed by atoms with Gasteiger partial charge in [0.25, 0.3) is 0 Å². The number of nitrogens with one attached hydrogen (secondary N) is 6. The Bertz CT molecular complexity index is 1640. The number of carbonyl (C=O) groups is 10. The number of rotatable bonds is 44. The highest BCUT2D eigenvalue weighted by Gasteiger charge is 2.31. The Balaban J connectivity index is 2.27. The number of likely N-dealkylation sites (N-methyl/N-ethyl adjacent to an activating group) is 1. The summed E-state index contributed by atoms with van der Waals surface area (Å²) >= 11 is 0. The summed E-state index contributed by atoms with van der Waals surface area (Å²) in [5.74, 6) is -7.65. The fraction of sp³-hybridized carbons (Fsp3) is 0.804. The van der Waals surface area contributed by atoms with Gasteiger partial charge >= 0.3 is 23.9 Å². The van der Waals surface area contributed by atoms with E-state index in [1.54, 1.807) is 7.05 Å². The second-order valence-corrected chi connectivity index (χ2v) is 19.3. The maximum atomic E-state index is 13.1. The summed E-state index contributed by atoms with van der Waals surface area (Å²) in [6.45, 7) is 2.33. The predicted molar refractivity (Wildman–Crippen MR) is 266 cm³/mol. The van der Waals surface area contributed by atoms with Gasteiger partial charge in [-0.25, -0.2) is 14.4 Å². The highest BCUT2D eigenvalue weighted by atomic mass is 16.4. The summed E-state index contributed by atoms with van der Waals surface area (Å²) in [5.41, 5.74) is 0. The lowest BCUT2D eigenvalue weighted by molar-refractivity contribution is -0.144. The third kappa shape index (κ3) is 33.2. The molecule has 0 aromatic carbocycles. The van der Waals surface area contributed by atoms with Crippen LogP contribution in [0.3, 0.4) is 0 Å². The normalized spacial score (nSPS) is 16.1. The van der Waals surface area contributed by atoms with E-state index in [9.17, 15) is 63.3 Å². The minimum absolute atomic E-state index is 0.0152. The summed E-state index contributed by atoms with van der Waals surface area (Å²) in [7, 11) is 1.69. The zero-order valence-electron chi connectivity index (χ0n) is 42.7. The SMILES string of the molecule is CN[C@@H](CCCCNC(=O)CC[C@H](NC(=O)CC[C@H](NC(=O)CC[C@H](NC(=O)C1CCC(CNC(=O)CCCCCCCCCCCCCCCCCCC(=O)O)CC1)C(=O)O)C(=O)O)C(=O)O)C(C)=O. The number of unbranched alkanes of at least 4 members (excludes halogenated alkanes) is 16. The molecule has 1 saturated carbocycles. The first-order valence-electron chi connectivity index (χ1n) is 26.4. The van der Waals surface area contributed by atoms with Gasteiger partial charge in [0.05, 0.1) is 6.04 Å². The molecule has 0 radical (unpaired) electrons. The molecule has 0 heterocycles. The Morgan fingerprint density at radius 1 is 0.423 bits per heavy atom. The fourth-order valence-corrected chi connectivity index (χ4v) is 8.77. The number of carbonyl (C=O) groups excluding carboxylic acids is 6. The maximum Gasteiger partial charge on any atom is 0.326 e. The largest absolute Gasteiger partial charge is 0.481 e. The lowest BCUT2D eigenvalue weighted by atomic mass is 9.81. The molecule has 5 amide bonds. The molecule has 0 aliphatic heterocycles. The van der Waals surface area contributed by atoms with Crippen LogP contribution in [0.5, 0.6) is 0 Å². The first-order chi connectivity index (χ1) is 33.9. The zero-order chi connectivity index (χ0) is 52.8. The smallest absolute Gasteiger partial charge is 0.326 e. The molecule has 1 aliphatic carbocycles. The molecule has 1 fully saturated rings. The average Bonchev–Trinajstić information content (AvgIpc) is 3.32. The van der Waals surface area contributed by atoms with E-state index in [-0.39, 0.29) is 49.3 Å². The van der Waals surface area contributed by atoms with E-state index in [4.69, 9.17) is 5.11 Å². The van der Waals surface area contributed by atoms with Crippen molar-refractivity contribution in [2.75, 3.05) is 20.1 Å². The highest BCUT2D eigenvalue weighted by molar-refractivity contribution is 5.88. The van der Waals surface area contributed by atoms with Crippen molar-refractivity contribution in [2.45, 2.75) is 230 Å². The monoisotopic (exact) mass is 1010 g/mol. The van der Waals surface area contributed by atoms with Gasteiger partial charge in [-0.3, -0.25) is 33.6 Å². The van der Waals surface area contributed by atoms with Gasteiger partial charge in [-0.15, -0.1) is 0 Å². The summed E-state index contributed by atoms with van der Waals surface area (Å²) in [4.78, 5) is 121. The number of aliphatic carboxylic acids is 4. The van der Waals surface area contributed by atoms with Crippen LogP contribution in [-0.4, -0.2) is 124 Å². The minimum atomic E-state index is -1.55. The lowest BCUT2D eigenvalue weighted by Gasteiger charge is -2.28. The van der Waals surface area contributed by atoms with Gasteiger partial charge < -0.3 is 52.3 Å². The topological polar surface area (TPSA) is 324 Å². The molecule has 71 heavy (non-hydrogen) atoms. The second kappa shape index (κ2) is 39.5. The van der Waals surface area contributed by atoms with Crippen molar-refractivity contribution in [1.29, 1.82) is 0 Å².